The number of methoxy groups -OCH3 is 1. The summed E-state index contributed by atoms with van der Waals surface area (Å²) < 4.78 is 4.87. The molecule has 0 fully saturated rings. The number of anilines is 1. The zero-order chi connectivity index (χ0) is 10.7. The highest BCUT2D eigenvalue weighted by atomic mass is 16.5. The molecule has 0 saturated carbocycles. The summed E-state index contributed by atoms with van der Waals surface area (Å²) in [5.41, 5.74) is 7.37. The van der Waals surface area contributed by atoms with E-state index in [0.29, 0.717) is 11.8 Å². The molecule has 0 aliphatic heterocycles. The van der Waals surface area contributed by atoms with Crippen molar-refractivity contribution >= 4 is 5.82 Å². The largest absolute Gasteiger partial charge is 0.467 e. The number of hydrogen-bond acceptors (Lipinski definition) is 5. The molecule has 0 aliphatic rings. The van der Waals surface area contributed by atoms with Crippen molar-refractivity contribution in [2.24, 2.45) is 0 Å². The van der Waals surface area contributed by atoms with E-state index in [-0.39, 0.29) is 0 Å². The Morgan fingerprint density at radius 3 is 2.53 bits per heavy atom. The topological polar surface area (TPSA) is 73.9 Å². The van der Waals surface area contributed by atoms with Gasteiger partial charge in [-0.3, -0.25) is 0 Å². The zero-order valence-electron chi connectivity index (χ0n) is 8.21. The molecule has 0 aliphatic carbocycles. The van der Waals surface area contributed by atoms with Crippen molar-refractivity contribution < 1.29 is 4.74 Å². The van der Waals surface area contributed by atoms with Gasteiger partial charge in [0.15, 0.2) is 0 Å². The van der Waals surface area contributed by atoms with E-state index in [1.54, 1.807) is 18.6 Å². The van der Waals surface area contributed by atoms with Crippen LogP contribution in [0, 0.1) is 0 Å². The Hall–Kier alpha value is -2.17. The third-order valence-corrected chi connectivity index (χ3v) is 1.96. The summed E-state index contributed by atoms with van der Waals surface area (Å²) >= 11 is 0. The van der Waals surface area contributed by atoms with Crippen molar-refractivity contribution in [1.29, 1.82) is 0 Å². The molecule has 0 unspecified atom stereocenters. The lowest BCUT2D eigenvalue weighted by atomic mass is 10.1. The van der Waals surface area contributed by atoms with Crippen LogP contribution < -0.4 is 10.5 Å². The number of nitrogens with two attached hydrogens (primary N) is 1. The summed E-state index contributed by atoms with van der Waals surface area (Å²) in [5, 5.41) is 0. The van der Waals surface area contributed by atoms with Gasteiger partial charge in [-0.15, -0.1) is 0 Å². The molecule has 0 amide bonds. The number of nitrogen functional groups attached to an aromatic ring is 1. The third-order valence-electron chi connectivity index (χ3n) is 1.96. The molecule has 0 aromatic carbocycles. The predicted octanol–water partition coefficient (Wildman–Crippen LogP) is 1.13. The Morgan fingerprint density at radius 2 is 1.93 bits per heavy atom. The van der Waals surface area contributed by atoms with Crippen LogP contribution in [-0.4, -0.2) is 22.1 Å². The minimum Gasteiger partial charge on any atom is -0.467 e. The maximum absolute atomic E-state index is 5.73. The van der Waals surface area contributed by atoms with E-state index in [2.05, 4.69) is 15.0 Å². The smallest absolute Gasteiger partial charge is 0.316 e. The van der Waals surface area contributed by atoms with Crippen LogP contribution in [0.25, 0.3) is 11.1 Å². The Kier molecular flexibility index (Phi) is 2.45. The molecule has 0 saturated heterocycles. The Balaban J connectivity index is 2.42. The van der Waals surface area contributed by atoms with Gasteiger partial charge in [0.2, 0.25) is 0 Å². The van der Waals surface area contributed by atoms with E-state index in [1.165, 1.54) is 7.11 Å². The summed E-state index contributed by atoms with van der Waals surface area (Å²) in [7, 11) is 1.52. The number of aromatic nitrogens is 3. The maximum Gasteiger partial charge on any atom is 0.316 e. The molecule has 15 heavy (non-hydrogen) atoms. The highest BCUT2D eigenvalue weighted by molar-refractivity contribution is 5.72. The lowest BCUT2D eigenvalue weighted by Gasteiger charge is -2.03. The fourth-order valence-corrected chi connectivity index (χ4v) is 1.22. The van der Waals surface area contributed by atoms with E-state index in [4.69, 9.17) is 10.5 Å². The maximum atomic E-state index is 5.73. The molecule has 2 N–H and O–H groups in total. The van der Waals surface area contributed by atoms with Crippen molar-refractivity contribution in [2.75, 3.05) is 12.8 Å². The van der Waals surface area contributed by atoms with Gasteiger partial charge in [0.25, 0.3) is 0 Å². The van der Waals surface area contributed by atoms with Crippen LogP contribution in [0.1, 0.15) is 0 Å². The average molecular weight is 202 g/mol. The van der Waals surface area contributed by atoms with Crippen LogP contribution in [-0.2, 0) is 0 Å². The number of ether oxygens (including phenoxy) is 1. The fourth-order valence-electron chi connectivity index (χ4n) is 1.22. The molecule has 0 radical (unpaired) electrons. The van der Waals surface area contributed by atoms with Gasteiger partial charge in [-0.05, 0) is 12.1 Å². The molecule has 0 bridgehead atoms. The van der Waals surface area contributed by atoms with Gasteiger partial charge in [-0.2, -0.15) is 0 Å². The molecular formula is C10H10N4O. The zero-order valence-corrected chi connectivity index (χ0v) is 8.21. The van der Waals surface area contributed by atoms with Crippen LogP contribution in [0.2, 0.25) is 0 Å². The summed E-state index contributed by atoms with van der Waals surface area (Å²) in [6, 6.07) is 4.02. The third kappa shape index (κ3) is 1.85. The average Bonchev–Trinajstić information content (AvgIpc) is 2.30. The van der Waals surface area contributed by atoms with E-state index in [9.17, 15) is 0 Å². The Labute approximate surface area is 87.0 Å². The first kappa shape index (κ1) is 9.39. The Morgan fingerprint density at radius 1 is 1.20 bits per heavy atom. The highest BCUT2D eigenvalue weighted by Crippen LogP contribution is 2.22. The Bertz CT molecular complexity index is 455. The van der Waals surface area contributed by atoms with Gasteiger partial charge < -0.3 is 10.5 Å². The molecule has 0 atom stereocenters. The highest BCUT2D eigenvalue weighted by Gasteiger charge is 2.04. The second-order valence-electron chi connectivity index (χ2n) is 2.89. The molecule has 2 aromatic rings. The van der Waals surface area contributed by atoms with Gasteiger partial charge in [0, 0.05) is 29.7 Å². The van der Waals surface area contributed by atoms with Gasteiger partial charge in [0.05, 0.1) is 7.11 Å². The molecule has 5 nitrogen and oxygen atoms in total. The van der Waals surface area contributed by atoms with Crippen LogP contribution >= 0.6 is 0 Å². The van der Waals surface area contributed by atoms with E-state index in [1.807, 2.05) is 12.1 Å². The second-order valence-corrected chi connectivity index (χ2v) is 2.89. The lowest BCUT2D eigenvalue weighted by molar-refractivity contribution is 0.380. The monoisotopic (exact) mass is 202 g/mol. The lowest BCUT2D eigenvalue weighted by Crippen LogP contribution is -1.95. The van der Waals surface area contributed by atoms with Crippen LogP contribution in [0.15, 0.2) is 30.7 Å². The predicted molar refractivity (Wildman–Crippen MR) is 56.2 cm³/mol. The van der Waals surface area contributed by atoms with Crippen molar-refractivity contribution in [3.63, 3.8) is 0 Å². The molecule has 2 aromatic heterocycles. The molecule has 5 heteroatoms. The molecule has 2 rings (SSSR count). The first-order chi connectivity index (χ1) is 7.31. The molecule has 2 heterocycles. The minimum atomic E-state index is 0.334. The fraction of sp³-hybridized carbons (Fsp3) is 0.100. The number of pyridine rings is 1. The van der Waals surface area contributed by atoms with Crippen molar-refractivity contribution in [3.8, 4) is 17.1 Å². The van der Waals surface area contributed by atoms with Gasteiger partial charge in [0.1, 0.15) is 5.82 Å². The summed E-state index contributed by atoms with van der Waals surface area (Å²) in [4.78, 5) is 12.0. The first-order valence-electron chi connectivity index (χ1n) is 4.38. The van der Waals surface area contributed by atoms with E-state index >= 15 is 0 Å². The summed E-state index contributed by atoms with van der Waals surface area (Å²) in [5.74, 6) is 0.464. The normalized spacial score (nSPS) is 9.93. The van der Waals surface area contributed by atoms with Crippen LogP contribution in [0.3, 0.4) is 0 Å². The van der Waals surface area contributed by atoms with Gasteiger partial charge in [-0.25, -0.2) is 15.0 Å². The van der Waals surface area contributed by atoms with Crippen molar-refractivity contribution in [3.05, 3.63) is 30.7 Å². The van der Waals surface area contributed by atoms with Crippen LogP contribution in [0.5, 0.6) is 6.01 Å². The number of nitrogens with zero attached hydrogens (tertiary/aromatic N) is 3. The van der Waals surface area contributed by atoms with E-state index in [0.717, 1.165) is 11.1 Å². The number of rotatable bonds is 2. The van der Waals surface area contributed by atoms with E-state index < -0.39 is 0 Å². The molecule has 0 spiro atoms. The second kappa shape index (κ2) is 3.91. The summed E-state index contributed by atoms with van der Waals surface area (Å²) in [6.45, 7) is 0. The quantitative estimate of drug-likeness (QED) is 0.790. The van der Waals surface area contributed by atoms with Crippen LogP contribution in [0.4, 0.5) is 5.82 Å². The first-order valence-corrected chi connectivity index (χ1v) is 4.38. The van der Waals surface area contributed by atoms with Crippen molar-refractivity contribution in [1.82, 2.24) is 15.0 Å². The molecular weight excluding hydrogens is 192 g/mol. The van der Waals surface area contributed by atoms with Crippen molar-refractivity contribution in [2.45, 2.75) is 0 Å². The SMILES string of the molecule is COc1ncc(-c2cccnc2N)cn1. The summed E-state index contributed by atoms with van der Waals surface area (Å²) in [6.07, 6.45) is 4.95. The minimum absolute atomic E-state index is 0.334. The van der Waals surface area contributed by atoms with Gasteiger partial charge in [-0.1, -0.05) is 0 Å². The van der Waals surface area contributed by atoms with Gasteiger partial charge >= 0.3 is 6.01 Å². The standard InChI is InChI=1S/C10H10N4O/c1-15-10-13-5-7(6-14-10)8-3-2-4-12-9(8)11/h2-6H,1H3,(H2,11,12). The number of hydrogen-bond donors (Lipinski definition) is 1. The molecule has 76 valence electrons.